The molecule has 1 atom stereocenters. The fraction of sp³-hybridized carbons (Fsp3) is 0.688. The van der Waals surface area contributed by atoms with Crippen molar-refractivity contribution in [3.63, 3.8) is 0 Å². The van der Waals surface area contributed by atoms with E-state index >= 15 is 0 Å². The molecule has 0 spiro atoms. The van der Waals surface area contributed by atoms with Crippen molar-refractivity contribution in [1.82, 2.24) is 24.7 Å². The van der Waals surface area contributed by atoms with Crippen LogP contribution in [0, 0.1) is 0 Å². The van der Waals surface area contributed by atoms with E-state index < -0.39 is 0 Å². The number of rotatable bonds is 5. The molecule has 1 aromatic rings. The minimum Gasteiger partial charge on any atom is -0.395 e. The van der Waals surface area contributed by atoms with Gasteiger partial charge in [-0.05, 0) is 12.8 Å². The summed E-state index contributed by atoms with van der Waals surface area (Å²) in [4.78, 5) is 27.6. The molecule has 7 heteroatoms. The highest BCUT2D eigenvalue weighted by atomic mass is 16.3. The lowest BCUT2D eigenvalue weighted by Crippen LogP contribution is -2.50. The Balaban J connectivity index is 1.54. The quantitative estimate of drug-likeness (QED) is 0.807. The van der Waals surface area contributed by atoms with Crippen molar-refractivity contribution in [3.05, 3.63) is 24.3 Å². The summed E-state index contributed by atoms with van der Waals surface area (Å²) in [6, 6.07) is 0.0758. The fourth-order valence-corrected chi connectivity index (χ4v) is 3.45. The molecule has 0 radical (unpaired) electrons. The molecule has 0 saturated carbocycles. The van der Waals surface area contributed by atoms with Crippen LogP contribution in [0.3, 0.4) is 0 Å². The molecule has 23 heavy (non-hydrogen) atoms. The summed E-state index contributed by atoms with van der Waals surface area (Å²) in [7, 11) is 0. The van der Waals surface area contributed by atoms with E-state index in [4.69, 9.17) is 5.11 Å². The molecule has 1 aromatic heterocycles. The van der Waals surface area contributed by atoms with Gasteiger partial charge in [0.1, 0.15) is 0 Å². The van der Waals surface area contributed by atoms with Crippen molar-refractivity contribution in [2.45, 2.75) is 18.9 Å². The number of aliphatic hydroxyl groups is 1. The van der Waals surface area contributed by atoms with Gasteiger partial charge in [0.2, 0.25) is 5.91 Å². The van der Waals surface area contributed by atoms with Crippen LogP contribution in [0.5, 0.6) is 0 Å². The van der Waals surface area contributed by atoms with Gasteiger partial charge in [0.05, 0.1) is 31.1 Å². The molecule has 0 aliphatic carbocycles. The zero-order valence-electron chi connectivity index (χ0n) is 13.5. The fourth-order valence-electron chi connectivity index (χ4n) is 3.45. The summed E-state index contributed by atoms with van der Waals surface area (Å²) < 4.78 is 0. The second-order valence-corrected chi connectivity index (χ2v) is 6.22. The smallest absolute Gasteiger partial charge is 0.237 e. The van der Waals surface area contributed by atoms with Gasteiger partial charge in [-0.3, -0.25) is 24.6 Å². The Hall–Kier alpha value is -1.57. The molecule has 1 amide bonds. The van der Waals surface area contributed by atoms with Crippen LogP contribution >= 0.6 is 0 Å². The van der Waals surface area contributed by atoms with Gasteiger partial charge in [-0.25, -0.2) is 0 Å². The summed E-state index contributed by atoms with van der Waals surface area (Å²) in [5, 5.41) is 8.98. The summed E-state index contributed by atoms with van der Waals surface area (Å²) in [6.07, 6.45) is 7.11. The lowest BCUT2D eigenvalue weighted by Gasteiger charge is -2.35. The molecule has 126 valence electrons. The van der Waals surface area contributed by atoms with Crippen LogP contribution < -0.4 is 0 Å². The Bertz CT molecular complexity index is 504. The van der Waals surface area contributed by atoms with Gasteiger partial charge in [-0.2, -0.15) is 0 Å². The summed E-state index contributed by atoms with van der Waals surface area (Å²) in [5.41, 5.74) is 0.895. The maximum Gasteiger partial charge on any atom is 0.237 e. The molecule has 3 heterocycles. The minimum absolute atomic E-state index is 0.0758. The zero-order valence-corrected chi connectivity index (χ0v) is 13.5. The Morgan fingerprint density at radius 1 is 1.17 bits per heavy atom. The van der Waals surface area contributed by atoms with Crippen LogP contribution in [-0.4, -0.2) is 88.1 Å². The van der Waals surface area contributed by atoms with Gasteiger partial charge in [-0.15, -0.1) is 0 Å². The first-order chi connectivity index (χ1) is 11.3. The molecular weight excluding hydrogens is 294 g/mol. The monoisotopic (exact) mass is 319 g/mol. The summed E-state index contributed by atoms with van der Waals surface area (Å²) in [5.74, 6) is 0.189. The number of aliphatic hydroxyl groups excluding tert-OH is 1. The van der Waals surface area contributed by atoms with Gasteiger partial charge in [0.25, 0.3) is 0 Å². The average molecular weight is 319 g/mol. The maximum atomic E-state index is 12.7. The molecule has 0 bridgehead atoms. The highest BCUT2D eigenvalue weighted by Crippen LogP contribution is 2.30. The Morgan fingerprint density at radius 3 is 2.65 bits per heavy atom. The molecule has 7 nitrogen and oxygen atoms in total. The lowest BCUT2D eigenvalue weighted by atomic mass is 10.1. The SMILES string of the molecule is O=C(CN1CCN(CCO)CC1)N1CCC[C@H]1c1cnccn1. The van der Waals surface area contributed by atoms with Crippen LogP contribution in [0.25, 0.3) is 0 Å². The molecule has 2 saturated heterocycles. The van der Waals surface area contributed by atoms with Gasteiger partial charge in [0.15, 0.2) is 0 Å². The molecule has 2 fully saturated rings. The number of hydrogen-bond donors (Lipinski definition) is 1. The number of carbonyl (C=O) groups is 1. The third-order valence-corrected chi connectivity index (χ3v) is 4.74. The topological polar surface area (TPSA) is 72.8 Å². The lowest BCUT2D eigenvalue weighted by molar-refractivity contribution is -0.133. The average Bonchev–Trinajstić information content (AvgIpc) is 3.07. The number of aromatic nitrogens is 2. The Morgan fingerprint density at radius 2 is 1.96 bits per heavy atom. The van der Waals surface area contributed by atoms with E-state index in [1.54, 1.807) is 18.6 Å². The first-order valence-electron chi connectivity index (χ1n) is 8.39. The van der Waals surface area contributed by atoms with Crippen LogP contribution in [0.15, 0.2) is 18.6 Å². The van der Waals surface area contributed by atoms with Crippen molar-refractivity contribution >= 4 is 5.91 Å². The predicted octanol–water partition coefficient (Wildman–Crippen LogP) is -0.250. The number of piperazine rings is 1. The normalized spacial score (nSPS) is 23.3. The molecule has 0 aromatic carbocycles. The van der Waals surface area contributed by atoms with Crippen LogP contribution in [0.1, 0.15) is 24.6 Å². The standard InChI is InChI=1S/C16H25N5O2/c22-11-10-19-6-8-20(9-7-19)13-16(23)21-5-1-2-15(21)14-12-17-3-4-18-14/h3-4,12,15,22H,1-2,5-11,13H2/t15-/m0/s1. The van der Waals surface area contributed by atoms with E-state index in [0.29, 0.717) is 6.54 Å². The highest BCUT2D eigenvalue weighted by molar-refractivity contribution is 5.79. The predicted molar refractivity (Wildman–Crippen MR) is 85.7 cm³/mol. The van der Waals surface area contributed by atoms with E-state index in [0.717, 1.165) is 57.8 Å². The molecule has 2 aliphatic heterocycles. The van der Waals surface area contributed by atoms with Crippen LogP contribution in [-0.2, 0) is 4.79 Å². The first kappa shape index (κ1) is 16.3. The van der Waals surface area contributed by atoms with E-state index in [-0.39, 0.29) is 18.6 Å². The van der Waals surface area contributed by atoms with Gasteiger partial charge < -0.3 is 10.0 Å². The molecule has 1 N–H and O–H groups in total. The van der Waals surface area contributed by atoms with Crippen molar-refractivity contribution in [1.29, 1.82) is 0 Å². The summed E-state index contributed by atoms with van der Waals surface area (Å²) >= 11 is 0. The van der Waals surface area contributed by atoms with E-state index in [9.17, 15) is 4.79 Å². The minimum atomic E-state index is 0.0758. The van der Waals surface area contributed by atoms with Crippen molar-refractivity contribution < 1.29 is 9.90 Å². The first-order valence-corrected chi connectivity index (χ1v) is 8.39. The summed E-state index contributed by atoms with van der Waals surface area (Å²) in [6.45, 7) is 5.82. The van der Waals surface area contributed by atoms with Gasteiger partial charge in [-0.1, -0.05) is 0 Å². The Labute approximate surface area is 136 Å². The second kappa shape index (κ2) is 7.81. The largest absolute Gasteiger partial charge is 0.395 e. The molecule has 2 aliphatic rings. The van der Waals surface area contributed by atoms with Gasteiger partial charge in [0, 0.05) is 51.7 Å². The van der Waals surface area contributed by atoms with E-state index in [1.165, 1.54) is 0 Å². The zero-order chi connectivity index (χ0) is 16.1. The number of carbonyl (C=O) groups excluding carboxylic acids is 1. The van der Waals surface area contributed by atoms with Crippen molar-refractivity contribution in [2.75, 3.05) is 52.4 Å². The number of β-amino-alcohol motifs (C(OH)–C–C–N with tert-alkyl or cyclic N) is 1. The Kier molecular flexibility index (Phi) is 5.53. The maximum absolute atomic E-state index is 12.7. The molecule has 3 rings (SSSR count). The second-order valence-electron chi connectivity index (χ2n) is 6.22. The third kappa shape index (κ3) is 4.04. The number of hydrogen-bond acceptors (Lipinski definition) is 6. The highest BCUT2D eigenvalue weighted by Gasteiger charge is 2.32. The number of amides is 1. The van der Waals surface area contributed by atoms with Crippen LogP contribution in [0.2, 0.25) is 0 Å². The molecular formula is C16H25N5O2. The number of likely N-dealkylation sites (tertiary alicyclic amines) is 1. The third-order valence-electron chi connectivity index (χ3n) is 4.74. The van der Waals surface area contributed by atoms with E-state index in [1.807, 2.05) is 4.90 Å². The molecule has 0 unspecified atom stereocenters. The van der Waals surface area contributed by atoms with E-state index in [2.05, 4.69) is 19.8 Å². The van der Waals surface area contributed by atoms with Gasteiger partial charge >= 0.3 is 0 Å². The van der Waals surface area contributed by atoms with Crippen molar-refractivity contribution in [2.24, 2.45) is 0 Å². The van der Waals surface area contributed by atoms with Crippen molar-refractivity contribution in [3.8, 4) is 0 Å². The van der Waals surface area contributed by atoms with Crippen LogP contribution in [0.4, 0.5) is 0 Å². The number of nitrogens with zero attached hydrogens (tertiary/aromatic N) is 5.